The molecule has 0 radical (unpaired) electrons. The molecule has 0 saturated heterocycles. The van der Waals surface area contributed by atoms with Crippen molar-refractivity contribution in [2.24, 2.45) is 0 Å². The molecule has 0 fully saturated rings. The Morgan fingerprint density at radius 1 is 1.10 bits per heavy atom. The van der Waals surface area contributed by atoms with Gasteiger partial charge in [-0.05, 0) is 45.4 Å². The van der Waals surface area contributed by atoms with Crippen LogP contribution in [0.15, 0.2) is 41.1 Å². The van der Waals surface area contributed by atoms with Crippen molar-refractivity contribution in [3.63, 3.8) is 0 Å². The van der Waals surface area contributed by atoms with Crippen molar-refractivity contribution in [2.45, 2.75) is 45.8 Å². The fourth-order valence-electron chi connectivity index (χ4n) is 2.20. The van der Waals surface area contributed by atoms with E-state index in [0.717, 1.165) is 4.47 Å². The molecular weight excluding hydrogens is 314 g/mol. The number of rotatable bonds is 5. The maximum atomic E-state index is 4.40. The van der Waals surface area contributed by atoms with E-state index in [0.29, 0.717) is 12.1 Å². The molecule has 0 aliphatic heterocycles. The largest absolute Gasteiger partial charge is 0.304 e. The van der Waals surface area contributed by atoms with Crippen LogP contribution in [-0.2, 0) is 0 Å². The molecule has 0 aliphatic carbocycles. The highest BCUT2D eigenvalue weighted by Gasteiger charge is 2.13. The van der Waals surface area contributed by atoms with Gasteiger partial charge in [-0.3, -0.25) is 4.68 Å². The molecule has 1 heterocycles. The predicted molar refractivity (Wildman–Crippen MR) is 86.7 cm³/mol. The minimum Gasteiger partial charge on any atom is -0.304 e. The van der Waals surface area contributed by atoms with Gasteiger partial charge in [-0.15, -0.1) is 0 Å². The molecule has 1 aromatic carbocycles. The zero-order valence-corrected chi connectivity index (χ0v) is 14.1. The van der Waals surface area contributed by atoms with Crippen LogP contribution in [-0.4, -0.2) is 9.78 Å². The average Bonchev–Trinajstić information content (AvgIpc) is 2.88. The van der Waals surface area contributed by atoms with E-state index in [2.05, 4.69) is 78.4 Å². The number of halogens is 1. The summed E-state index contributed by atoms with van der Waals surface area (Å²) in [7, 11) is 0. The van der Waals surface area contributed by atoms with E-state index in [9.17, 15) is 0 Å². The van der Waals surface area contributed by atoms with Gasteiger partial charge in [0.15, 0.2) is 0 Å². The lowest BCUT2D eigenvalue weighted by Gasteiger charge is -2.19. The fraction of sp³-hybridized carbons (Fsp3) is 0.438. The summed E-state index contributed by atoms with van der Waals surface area (Å²) in [4.78, 5) is 0. The first-order valence-corrected chi connectivity index (χ1v) is 7.82. The maximum absolute atomic E-state index is 4.40. The van der Waals surface area contributed by atoms with E-state index >= 15 is 0 Å². The molecule has 0 bridgehead atoms. The summed E-state index contributed by atoms with van der Waals surface area (Å²) in [6.45, 7) is 8.64. The molecule has 2 rings (SSSR count). The monoisotopic (exact) mass is 335 g/mol. The maximum Gasteiger partial charge on any atom is 0.0537 e. The highest BCUT2D eigenvalue weighted by atomic mass is 79.9. The first-order valence-electron chi connectivity index (χ1n) is 7.03. The molecule has 1 N–H and O–H groups in total. The molecule has 108 valence electrons. The first kappa shape index (κ1) is 15.3. The predicted octanol–water partition coefficient (Wildman–Crippen LogP) is 4.64. The standard InChI is InChI=1S/C16H22BrN3/c1-11(2)20-10-15(9-18-20)13(4)19-12(3)14-6-5-7-16(17)8-14/h5-13,19H,1-4H3. The summed E-state index contributed by atoms with van der Waals surface area (Å²) >= 11 is 3.52. The van der Waals surface area contributed by atoms with Crippen LogP contribution in [0.3, 0.4) is 0 Å². The Hall–Kier alpha value is -1.13. The van der Waals surface area contributed by atoms with Crippen molar-refractivity contribution in [2.75, 3.05) is 0 Å². The first-order chi connectivity index (χ1) is 9.47. The van der Waals surface area contributed by atoms with Crippen LogP contribution in [0.4, 0.5) is 0 Å². The number of benzene rings is 1. The average molecular weight is 336 g/mol. The van der Waals surface area contributed by atoms with Gasteiger partial charge in [0.2, 0.25) is 0 Å². The van der Waals surface area contributed by atoms with Crippen molar-refractivity contribution in [3.05, 3.63) is 52.3 Å². The third-order valence-corrected chi connectivity index (χ3v) is 3.99. The Morgan fingerprint density at radius 2 is 1.80 bits per heavy atom. The van der Waals surface area contributed by atoms with Gasteiger partial charge in [0.25, 0.3) is 0 Å². The lowest BCUT2D eigenvalue weighted by molar-refractivity contribution is 0.491. The van der Waals surface area contributed by atoms with Gasteiger partial charge in [0.1, 0.15) is 0 Å². The minimum absolute atomic E-state index is 0.275. The molecular formula is C16H22BrN3. The van der Waals surface area contributed by atoms with Crippen LogP contribution in [0.2, 0.25) is 0 Å². The van der Waals surface area contributed by atoms with E-state index in [1.165, 1.54) is 11.1 Å². The summed E-state index contributed by atoms with van der Waals surface area (Å²) in [5.74, 6) is 0. The number of nitrogens with zero attached hydrogens (tertiary/aromatic N) is 2. The van der Waals surface area contributed by atoms with Crippen LogP contribution in [0.5, 0.6) is 0 Å². The summed E-state index contributed by atoms with van der Waals surface area (Å²) < 4.78 is 3.11. The van der Waals surface area contributed by atoms with Crippen LogP contribution in [0.25, 0.3) is 0 Å². The van der Waals surface area contributed by atoms with Crippen molar-refractivity contribution < 1.29 is 0 Å². The van der Waals surface area contributed by atoms with E-state index in [4.69, 9.17) is 0 Å². The molecule has 2 unspecified atom stereocenters. The molecule has 2 aromatic rings. The van der Waals surface area contributed by atoms with Crippen molar-refractivity contribution in [3.8, 4) is 0 Å². The molecule has 0 aliphatic rings. The van der Waals surface area contributed by atoms with Gasteiger partial charge in [0, 0.05) is 34.4 Å². The summed E-state index contributed by atoms with van der Waals surface area (Å²) in [5.41, 5.74) is 2.50. The third-order valence-electron chi connectivity index (χ3n) is 3.50. The Bertz CT molecular complexity index is 562. The molecule has 3 nitrogen and oxygen atoms in total. The molecule has 0 saturated carbocycles. The highest BCUT2D eigenvalue weighted by molar-refractivity contribution is 9.10. The smallest absolute Gasteiger partial charge is 0.0537 e. The van der Waals surface area contributed by atoms with E-state index in [1.807, 2.05) is 16.9 Å². The van der Waals surface area contributed by atoms with Gasteiger partial charge >= 0.3 is 0 Å². The summed E-state index contributed by atoms with van der Waals surface area (Å²) in [6, 6.07) is 9.39. The van der Waals surface area contributed by atoms with Gasteiger partial charge in [0.05, 0.1) is 6.20 Å². The zero-order valence-electron chi connectivity index (χ0n) is 12.5. The van der Waals surface area contributed by atoms with Crippen LogP contribution < -0.4 is 5.32 Å². The van der Waals surface area contributed by atoms with Crippen molar-refractivity contribution >= 4 is 15.9 Å². The Kier molecular flexibility index (Phi) is 5.00. The molecule has 0 spiro atoms. The van der Waals surface area contributed by atoms with Gasteiger partial charge in [-0.25, -0.2) is 0 Å². The van der Waals surface area contributed by atoms with E-state index in [-0.39, 0.29) is 6.04 Å². The van der Waals surface area contributed by atoms with E-state index in [1.54, 1.807) is 0 Å². The lowest BCUT2D eigenvalue weighted by atomic mass is 10.1. The fourth-order valence-corrected chi connectivity index (χ4v) is 2.62. The quantitative estimate of drug-likeness (QED) is 0.862. The van der Waals surface area contributed by atoms with Crippen molar-refractivity contribution in [1.29, 1.82) is 0 Å². The van der Waals surface area contributed by atoms with Crippen molar-refractivity contribution in [1.82, 2.24) is 15.1 Å². The van der Waals surface area contributed by atoms with Gasteiger partial charge in [-0.1, -0.05) is 28.1 Å². The second kappa shape index (κ2) is 6.55. The molecule has 2 atom stereocenters. The normalized spacial score (nSPS) is 14.5. The topological polar surface area (TPSA) is 29.9 Å². The lowest BCUT2D eigenvalue weighted by Crippen LogP contribution is -2.22. The van der Waals surface area contributed by atoms with Crippen LogP contribution in [0.1, 0.15) is 56.9 Å². The Balaban J connectivity index is 2.04. The van der Waals surface area contributed by atoms with Gasteiger partial charge < -0.3 is 5.32 Å². The number of hydrogen-bond acceptors (Lipinski definition) is 2. The SMILES string of the molecule is CC(NC(C)c1cnn(C(C)C)c1)c1cccc(Br)c1. The second-order valence-corrected chi connectivity index (χ2v) is 6.43. The van der Waals surface area contributed by atoms with Gasteiger partial charge in [-0.2, -0.15) is 5.10 Å². The molecule has 20 heavy (non-hydrogen) atoms. The zero-order chi connectivity index (χ0) is 14.7. The highest BCUT2D eigenvalue weighted by Crippen LogP contribution is 2.22. The summed E-state index contributed by atoms with van der Waals surface area (Å²) in [5, 5.41) is 8.02. The molecule has 0 amide bonds. The Labute approximate surface area is 129 Å². The van der Waals surface area contributed by atoms with Crippen LogP contribution >= 0.6 is 15.9 Å². The third kappa shape index (κ3) is 3.70. The second-order valence-electron chi connectivity index (χ2n) is 5.51. The Morgan fingerprint density at radius 3 is 2.40 bits per heavy atom. The summed E-state index contributed by atoms with van der Waals surface area (Å²) in [6.07, 6.45) is 4.07. The number of hydrogen-bond donors (Lipinski definition) is 1. The van der Waals surface area contributed by atoms with E-state index < -0.39 is 0 Å². The van der Waals surface area contributed by atoms with Crippen LogP contribution in [0, 0.1) is 0 Å². The minimum atomic E-state index is 0.275. The number of nitrogens with one attached hydrogen (secondary N) is 1. The molecule has 4 heteroatoms. The molecule has 1 aromatic heterocycles. The number of aromatic nitrogens is 2.